The van der Waals surface area contributed by atoms with Gasteiger partial charge in [-0.25, -0.2) is 4.52 Å². The van der Waals surface area contributed by atoms with Crippen molar-refractivity contribution in [1.29, 1.82) is 0 Å². The van der Waals surface area contributed by atoms with Crippen LogP contribution in [0.15, 0.2) is 47.5 Å². The van der Waals surface area contributed by atoms with E-state index < -0.39 is 0 Å². The van der Waals surface area contributed by atoms with Crippen LogP contribution >= 0.6 is 0 Å². The van der Waals surface area contributed by atoms with Gasteiger partial charge >= 0.3 is 0 Å². The average Bonchev–Trinajstić information content (AvgIpc) is 2.84. The fraction of sp³-hybridized carbons (Fsp3) is 0.200. The first-order valence-corrected chi connectivity index (χ1v) is 6.50. The van der Waals surface area contributed by atoms with Crippen molar-refractivity contribution in [2.45, 2.75) is 20.0 Å². The molecular weight excluding hydrogens is 252 g/mol. The second kappa shape index (κ2) is 4.94. The number of aromatic nitrogens is 3. The quantitative estimate of drug-likeness (QED) is 0.779. The second-order valence-electron chi connectivity index (χ2n) is 4.87. The van der Waals surface area contributed by atoms with E-state index in [-0.39, 0.29) is 5.56 Å². The van der Waals surface area contributed by atoms with Gasteiger partial charge in [0.1, 0.15) is 5.52 Å². The normalized spacial score (nSPS) is 11.1. The molecule has 0 atom stereocenters. The third-order valence-corrected chi connectivity index (χ3v) is 3.31. The zero-order valence-electron chi connectivity index (χ0n) is 11.3. The van der Waals surface area contributed by atoms with Crippen molar-refractivity contribution in [3.05, 3.63) is 69.9 Å². The molecule has 0 aliphatic heterocycles. The number of fused-ring (bicyclic) bond motifs is 1. The van der Waals surface area contributed by atoms with E-state index in [1.165, 1.54) is 0 Å². The van der Waals surface area contributed by atoms with Crippen molar-refractivity contribution in [3.63, 3.8) is 0 Å². The molecule has 0 fully saturated rings. The maximum Gasteiger partial charge on any atom is 0.276 e. The van der Waals surface area contributed by atoms with Crippen LogP contribution in [0.4, 0.5) is 0 Å². The highest BCUT2D eigenvalue weighted by atomic mass is 16.1. The third kappa shape index (κ3) is 2.23. The number of benzene rings is 1. The van der Waals surface area contributed by atoms with Gasteiger partial charge in [-0.15, -0.1) is 0 Å². The van der Waals surface area contributed by atoms with E-state index in [0.29, 0.717) is 18.6 Å². The third-order valence-electron chi connectivity index (χ3n) is 3.31. The lowest BCUT2D eigenvalue weighted by Crippen LogP contribution is -2.21. The van der Waals surface area contributed by atoms with Crippen molar-refractivity contribution in [3.8, 4) is 0 Å². The molecule has 0 aliphatic rings. The minimum Gasteiger partial charge on any atom is -0.326 e. The highest BCUT2D eigenvalue weighted by molar-refractivity contribution is 5.45. The zero-order valence-corrected chi connectivity index (χ0v) is 11.3. The molecule has 2 N–H and O–H groups in total. The Hall–Kier alpha value is -2.40. The lowest BCUT2D eigenvalue weighted by Gasteiger charge is -2.07. The SMILES string of the molecule is Cc1cc2c(=O)n(Cc3cccc(CN)c3)ccn2n1. The monoisotopic (exact) mass is 268 g/mol. The van der Waals surface area contributed by atoms with Gasteiger partial charge in [-0.1, -0.05) is 24.3 Å². The first kappa shape index (κ1) is 12.6. The fourth-order valence-corrected chi connectivity index (χ4v) is 2.32. The van der Waals surface area contributed by atoms with E-state index in [4.69, 9.17) is 5.73 Å². The summed E-state index contributed by atoms with van der Waals surface area (Å²) in [5.41, 5.74) is 9.17. The molecule has 2 aromatic heterocycles. The molecule has 20 heavy (non-hydrogen) atoms. The van der Waals surface area contributed by atoms with Gasteiger partial charge < -0.3 is 10.3 Å². The largest absolute Gasteiger partial charge is 0.326 e. The predicted octanol–water partition coefficient (Wildman–Crippen LogP) is 1.31. The van der Waals surface area contributed by atoms with Gasteiger partial charge in [-0.05, 0) is 24.1 Å². The molecule has 0 spiro atoms. The number of hydrogen-bond acceptors (Lipinski definition) is 3. The van der Waals surface area contributed by atoms with Crippen LogP contribution in [0.1, 0.15) is 16.8 Å². The topological polar surface area (TPSA) is 65.3 Å². The summed E-state index contributed by atoms with van der Waals surface area (Å²) in [7, 11) is 0. The van der Waals surface area contributed by atoms with Gasteiger partial charge in [-0.2, -0.15) is 5.10 Å². The molecule has 0 amide bonds. The van der Waals surface area contributed by atoms with E-state index >= 15 is 0 Å². The van der Waals surface area contributed by atoms with Crippen LogP contribution in [0, 0.1) is 6.92 Å². The summed E-state index contributed by atoms with van der Waals surface area (Å²) in [5, 5.41) is 4.24. The van der Waals surface area contributed by atoms with Crippen molar-refractivity contribution in [2.24, 2.45) is 5.73 Å². The summed E-state index contributed by atoms with van der Waals surface area (Å²) in [4.78, 5) is 12.4. The van der Waals surface area contributed by atoms with Crippen molar-refractivity contribution in [1.82, 2.24) is 14.2 Å². The molecule has 3 aromatic rings. The molecule has 0 radical (unpaired) electrons. The van der Waals surface area contributed by atoms with Crippen molar-refractivity contribution >= 4 is 5.52 Å². The molecule has 5 heteroatoms. The lowest BCUT2D eigenvalue weighted by atomic mass is 10.1. The van der Waals surface area contributed by atoms with Crippen molar-refractivity contribution < 1.29 is 0 Å². The Morgan fingerprint density at radius 3 is 2.80 bits per heavy atom. The second-order valence-corrected chi connectivity index (χ2v) is 4.87. The van der Waals surface area contributed by atoms with Crippen LogP contribution in [-0.4, -0.2) is 14.2 Å². The van der Waals surface area contributed by atoms with Gasteiger partial charge in [0.15, 0.2) is 0 Å². The first-order chi connectivity index (χ1) is 9.67. The molecule has 0 unspecified atom stereocenters. The average molecular weight is 268 g/mol. The summed E-state index contributed by atoms with van der Waals surface area (Å²) in [6.45, 7) is 2.92. The Kier molecular flexibility index (Phi) is 3.12. The van der Waals surface area contributed by atoms with Gasteiger partial charge in [0, 0.05) is 18.9 Å². The summed E-state index contributed by atoms with van der Waals surface area (Å²) in [5.74, 6) is 0. The highest BCUT2D eigenvalue weighted by Crippen LogP contribution is 2.07. The summed E-state index contributed by atoms with van der Waals surface area (Å²) < 4.78 is 3.30. The molecule has 5 nitrogen and oxygen atoms in total. The predicted molar refractivity (Wildman–Crippen MR) is 77.6 cm³/mol. The zero-order chi connectivity index (χ0) is 14.1. The van der Waals surface area contributed by atoms with Crippen LogP contribution in [-0.2, 0) is 13.1 Å². The minimum absolute atomic E-state index is 0.0359. The van der Waals surface area contributed by atoms with Gasteiger partial charge in [0.2, 0.25) is 0 Å². The van der Waals surface area contributed by atoms with Gasteiger partial charge in [-0.3, -0.25) is 4.79 Å². The molecule has 102 valence electrons. The molecule has 0 bridgehead atoms. The van der Waals surface area contributed by atoms with Crippen molar-refractivity contribution in [2.75, 3.05) is 0 Å². The molecular formula is C15H16N4O. The van der Waals surface area contributed by atoms with Crippen LogP contribution in [0.3, 0.4) is 0 Å². The maximum absolute atomic E-state index is 12.4. The molecule has 2 heterocycles. The molecule has 0 saturated carbocycles. The Morgan fingerprint density at radius 1 is 1.20 bits per heavy atom. The molecule has 0 aliphatic carbocycles. The van der Waals surface area contributed by atoms with Crippen LogP contribution in [0.5, 0.6) is 0 Å². The molecule has 3 rings (SSSR count). The number of aryl methyl sites for hydroxylation is 1. The summed E-state index contributed by atoms with van der Waals surface area (Å²) in [6, 6.07) is 9.77. The molecule has 0 saturated heterocycles. The maximum atomic E-state index is 12.4. The van der Waals surface area contributed by atoms with E-state index in [0.717, 1.165) is 16.8 Å². The highest BCUT2D eigenvalue weighted by Gasteiger charge is 2.06. The van der Waals surface area contributed by atoms with E-state index in [1.54, 1.807) is 27.5 Å². The smallest absolute Gasteiger partial charge is 0.276 e. The standard InChI is InChI=1S/C15H16N4O/c1-11-7-14-15(20)18(5-6-19(14)17-11)10-13-4-2-3-12(8-13)9-16/h2-8H,9-10,16H2,1H3. The first-order valence-electron chi connectivity index (χ1n) is 6.50. The Balaban J connectivity index is 2.02. The summed E-state index contributed by atoms with van der Waals surface area (Å²) >= 11 is 0. The lowest BCUT2D eigenvalue weighted by molar-refractivity contribution is 0.741. The van der Waals surface area contributed by atoms with Crippen LogP contribution < -0.4 is 11.3 Å². The Morgan fingerprint density at radius 2 is 2.00 bits per heavy atom. The van der Waals surface area contributed by atoms with Gasteiger partial charge in [0.05, 0.1) is 12.2 Å². The van der Waals surface area contributed by atoms with Crippen LogP contribution in [0.2, 0.25) is 0 Å². The molecule has 1 aromatic carbocycles. The number of nitrogens with two attached hydrogens (primary N) is 1. The van der Waals surface area contributed by atoms with E-state index in [9.17, 15) is 4.79 Å². The Labute approximate surface area is 116 Å². The summed E-state index contributed by atoms with van der Waals surface area (Å²) in [6.07, 6.45) is 3.56. The van der Waals surface area contributed by atoms with E-state index in [2.05, 4.69) is 5.10 Å². The number of nitrogens with zero attached hydrogens (tertiary/aromatic N) is 3. The van der Waals surface area contributed by atoms with Gasteiger partial charge in [0.25, 0.3) is 5.56 Å². The minimum atomic E-state index is -0.0359. The van der Waals surface area contributed by atoms with Crippen LogP contribution in [0.25, 0.3) is 5.52 Å². The Bertz CT molecular complexity index is 816. The number of hydrogen-bond donors (Lipinski definition) is 1. The number of rotatable bonds is 3. The van der Waals surface area contributed by atoms with E-state index in [1.807, 2.05) is 31.2 Å². The fourth-order valence-electron chi connectivity index (χ4n) is 2.32.